The first-order valence-corrected chi connectivity index (χ1v) is 19.4. The molecule has 48 heavy (non-hydrogen) atoms. The van der Waals surface area contributed by atoms with Gasteiger partial charge in [0.25, 0.3) is 0 Å². The summed E-state index contributed by atoms with van der Waals surface area (Å²) in [4.78, 5) is 55.0. The Kier molecular flexibility index (Phi) is 15.4. The average Bonchev–Trinajstić information content (AvgIpc) is 3.01. The van der Waals surface area contributed by atoms with Gasteiger partial charge in [-0.15, -0.1) is 23.5 Å². The van der Waals surface area contributed by atoms with E-state index in [-0.39, 0.29) is 30.8 Å². The first-order valence-electron chi connectivity index (χ1n) is 17.5. The van der Waals surface area contributed by atoms with Gasteiger partial charge in [-0.05, 0) is 82.8 Å². The normalized spacial score (nSPS) is 18.9. The van der Waals surface area contributed by atoms with Crippen molar-refractivity contribution >= 4 is 47.5 Å². The standard InChI is InChI=1S/C36H57N3O7S2/c1-24(2)21-28(32(41)42)37-31(40)29(22-26-15-10-8-11-16-26)39(34(44)46-35(5,6)7)38-30(23-27-17-12-9-13-18-27)36(33(43)45-25(3)4)47-19-14-20-48-36/h8,10-11,15-16,24-25,27-30,38H,9,12-14,17-23H2,1-7H3,(H,37,40)(H,41,42)/t28-,29-,30?/m0/s1. The molecule has 1 aromatic rings. The molecule has 12 heteroatoms. The number of hydrogen-bond acceptors (Lipinski definition) is 9. The molecule has 1 saturated heterocycles. The lowest BCUT2D eigenvalue weighted by Gasteiger charge is -2.45. The molecule has 1 aliphatic carbocycles. The number of benzene rings is 1. The summed E-state index contributed by atoms with van der Waals surface area (Å²) in [5, 5.41) is 14.0. The number of carboxylic acid groups (broad SMARTS) is 1. The SMILES string of the molecule is CC(C)C[C@H](NC(=O)[C@H](Cc1ccccc1)N(NC(CC1CCCCC1)C1(C(=O)OC(C)C)SCCCS1)C(=O)OC(C)(C)C)C(=O)O. The van der Waals surface area contributed by atoms with Crippen molar-refractivity contribution in [3.8, 4) is 0 Å². The van der Waals surface area contributed by atoms with Gasteiger partial charge in [-0.1, -0.05) is 76.3 Å². The predicted octanol–water partition coefficient (Wildman–Crippen LogP) is 6.81. The van der Waals surface area contributed by atoms with E-state index >= 15 is 0 Å². The van der Waals surface area contributed by atoms with Crippen molar-refractivity contribution < 1.29 is 33.8 Å². The van der Waals surface area contributed by atoms with Crippen LogP contribution in [-0.4, -0.2) is 79.5 Å². The summed E-state index contributed by atoms with van der Waals surface area (Å²) in [5.41, 5.74) is 3.33. The molecular formula is C36H57N3O7S2. The van der Waals surface area contributed by atoms with Crippen LogP contribution in [0.15, 0.2) is 30.3 Å². The molecule has 2 amide bonds. The van der Waals surface area contributed by atoms with Gasteiger partial charge in [-0.25, -0.2) is 24.8 Å². The number of amides is 2. The molecule has 3 atom stereocenters. The van der Waals surface area contributed by atoms with E-state index in [0.29, 0.717) is 12.3 Å². The number of hydrazine groups is 1. The fourth-order valence-electron chi connectivity index (χ4n) is 6.20. The number of thioether (sulfide) groups is 2. The Morgan fingerprint density at radius 2 is 1.60 bits per heavy atom. The second-order valence-electron chi connectivity index (χ2n) is 14.7. The molecule has 0 aromatic heterocycles. The summed E-state index contributed by atoms with van der Waals surface area (Å²) in [6.45, 7) is 12.7. The number of hydrogen-bond donors (Lipinski definition) is 3. The van der Waals surface area contributed by atoms with Crippen molar-refractivity contribution in [3.05, 3.63) is 35.9 Å². The van der Waals surface area contributed by atoms with Gasteiger partial charge in [0, 0.05) is 6.42 Å². The lowest BCUT2D eigenvalue weighted by Crippen LogP contribution is -2.65. The first kappa shape index (κ1) is 40.0. The Morgan fingerprint density at radius 3 is 2.15 bits per heavy atom. The monoisotopic (exact) mass is 707 g/mol. The topological polar surface area (TPSA) is 134 Å². The fraction of sp³-hybridized carbons (Fsp3) is 0.722. The van der Waals surface area contributed by atoms with Gasteiger partial charge in [0.1, 0.15) is 17.7 Å². The van der Waals surface area contributed by atoms with Crippen LogP contribution in [0, 0.1) is 11.8 Å². The quantitative estimate of drug-likeness (QED) is 0.132. The van der Waals surface area contributed by atoms with Crippen LogP contribution in [0.3, 0.4) is 0 Å². The third-order valence-electron chi connectivity index (χ3n) is 8.39. The summed E-state index contributed by atoms with van der Waals surface area (Å²) >= 11 is 3.08. The lowest BCUT2D eigenvalue weighted by atomic mass is 9.84. The highest BCUT2D eigenvalue weighted by atomic mass is 32.2. The summed E-state index contributed by atoms with van der Waals surface area (Å²) in [7, 11) is 0. The molecule has 1 aromatic carbocycles. The van der Waals surface area contributed by atoms with E-state index in [4.69, 9.17) is 9.47 Å². The number of carbonyl (C=O) groups excluding carboxylic acids is 3. The Labute approximate surface area is 295 Å². The van der Waals surface area contributed by atoms with Gasteiger partial charge in [-0.3, -0.25) is 4.79 Å². The molecular weight excluding hydrogens is 651 g/mol. The molecule has 0 radical (unpaired) electrons. The number of rotatable bonds is 15. The summed E-state index contributed by atoms with van der Waals surface area (Å²) in [6, 6.07) is 6.38. The van der Waals surface area contributed by atoms with Crippen LogP contribution in [0.25, 0.3) is 0 Å². The Bertz CT molecular complexity index is 1200. The lowest BCUT2D eigenvalue weighted by molar-refractivity contribution is -0.149. The number of carbonyl (C=O) groups is 4. The molecule has 1 heterocycles. The number of carboxylic acids is 1. The predicted molar refractivity (Wildman–Crippen MR) is 193 cm³/mol. The van der Waals surface area contributed by atoms with Crippen LogP contribution in [-0.2, 0) is 30.3 Å². The van der Waals surface area contributed by atoms with Gasteiger partial charge in [0.15, 0.2) is 4.08 Å². The third-order valence-corrected chi connectivity index (χ3v) is 11.8. The van der Waals surface area contributed by atoms with Crippen molar-refractivity contribution in [1.82, 2.24) is 15.8 Å². The maximum atomic E-state index is 14.3. The number of ether oxygens (including phenoxy) is 2. The molecule has 0 spiro atoms. The minimum absolute atomic E-state index is 0.00566. The minimum Gasteiger partial charge on any atom is -0.480 e. The summed E-state index contributed by atoms with van der Waals surface area (Å²) in [6.07, 6.45) is 6.13. The molecule has 1 unspecified atom stereocenters. The second kappa shape index (κ2) is 18.5. The van der Waals surface area contributed by atoms with Crippen LogP contribution in [0.5, 0.6) is 0 Å². The van der Waals surface area contributed by atoms with Gasteiger partial charge < -0.3 is 19.9 Å². The second-order valence-corrected chi connectivity index (χ2v) is 17.6. The first-order chi connectivity index (χ1) is 22.6. The molecule has 0 bridgehead atoms. The maximum Gasteiger partial charge on any atom is 0.425 e. The van der Waals surface area contributed by atoms with Crippen molar-refractivity contribution in [2.45, 2.75) is 140 Å². The van der Waals surface area contributed by atoms with Gasteiger partial charge in [0.05, 0.1) is 12.1 Å². The highest BCUT2D eigenvalue weighted by Gasteiger charge is 2.52. The maximum absolute atomic E-state index is 14.3. The zero-order valence-corrected chi connectivity index (χ0v) is 31.4. The Morgan fingerprint density at radius 1 is 0.979 bits per heavy atom. The molecule has 3 N–H and O–H groups in total. The zero-order chi connectivity index (χ0) is 35.5. The van der Waals surface area contributed by atoms with E-state index in [0.717, 1.165) is 49.2 Å². The van der Waals surface area contributed by atoms with Crippen LogP contribution in [0.4, 0.5) is 4.79 Å². The van der Waals surface area contributed by atoms with Gasteiger partial charge in [0.2, 0.25) is 5.91 Å². The van der Waals surface area contributed by atoms with E-state index < -0.39 is 45.8 Å². The van der Waals surface area contributed by atoms with Gasteiger partial charge in [-0.2, -0.15) is 0 Å². The van der Waals surface area contributed by atoms with Crippen LogP contribution < -0.4 is 10.7 Å². The smallest absolute Gasteiger partial charge is 0.425 e. The number of esters is 1. The van der Waals surface area contributed by atoms with Crippen molar-refractivity contribution in [2.24, 2.45) is 11.8 Å². The number of nitrogens with zero attached hydrogens (tertiary/aromatic N) is 1. The van der Waals surface area contributed by atoms with Crippen LogP contribution in [0.1, 0.15) is 105 Å². The summed E-state index contributed by atoms with van der Waals surface area (Å²) in [5.74, 6) is -0.301. The molecule has 2 aliphatic rings. The highest BCUT2D eigenvalue weighted by Crippen LogP contribution is 2.48. The number of nitrogens with one attached hydrogen (secondary N) is 2. The van der Waals surface area contributed by atoms with E-state index in [2.05, 4.69) is 10.7 Å². The van der Waals surface area contributed by atoms with E-state index in [1.807, 2.05) is 58.0 Å². The van der Waals surface area contributed by atoms with E-state index in [1.165, 1.54) is 35.0 Å². The zero-order valence-electron chi connectivity index (χ0n) is 29.8. The molecule has 2 fully saturated rings. The van der Waals surface area contributed by atoms with Crippen molar-refractivity contribution in [3.63, 3.8) is 0 Å². The largest absolute Gasteiger partial charge is 0.480 e. The number of aliphatic carboxylic acids is 1. The van der Waals surface area contributed by atoms with Crippen molar-refractivity contribution in [1.29, 1.82) is 0 Å². The molecule has 10 nitrogen and oxygen atoms in total. The highest BCUT2D eigenvalue weighted by molar-refractivity contribution is 8.20. The van der Waals surface area contributed by atoms with Crippen molar-refractivity contribution in [2.75, 3.05) is 11.5 Å². The van der Waals surface area contributed by atoms with Gasteiger partial charge >= 0.3 is 18.0 Å². The molecule has 1 aliphatic heterocycles. The van der Waals surface area contributed by atoms with Crippen LogP contribution >= 0.6 is 23.5 Å². The molecule has 3 rings (SSSR count). The van der Waals surface area contributed by atoms with E-state index in [9.17, 15) is 24.3 Å². The summed E-state index contributed by atoms with van der Waals surface area (Å²) < 4.78 is 10.8. The fourth-order valence-corrected chi connectivity index (χ4v) is 9.44. The minimum atomic E-state index is -1.19. The Hall–Kier alpha value is -2.44. The van der Waals surface area contributed by atoms with E-state index in [1.54, 1.807) is 20.8 Å². The third kappa shape index (κ3) is 12.2. The Balaban J connectivity index is 2.15. The molecule has 1 saturated carbocycles. The average molecular weight is 708 g/mol. The van der Waals surface area contributed by atoms with Crippen LogP contribution in [0.2, 0.25) is 0 Å². The molecule has 270 valence electrons.